The Morgan fingerprint density at radius 2 is 1.00 bits per heavy atom. The number of carbonyl (C=O) groups is 2. The molecule has 2 aromatic rings. The molecule has 51 heavy (non-hydrogen) atoms. The summed E-state index contributed by atoms with van der Waals surface area (Å²) in [4.78, 5) is 24.6. The summed E-state index contributed by atoms with van der Waals surface area (Å²) in [5.74, 6) is -6.70. The number of halogens is 4. The van der Waals surface area contributed by atoms with Crippen LogP contribution in [0, 0.1) is 0 Å². The first kappa shape index (κ1) is 52.9. The van der Waals surface area contributed by atoms with Crippen LogP contribution in [0.5, 0.6) is 0 Å². The van der Waals surface area contributed by atoms with Gasteiger partial charge >= 0.3 is 11.9 Å². The maximum Gasteiger partial charge on any atom is 0.306 e. The van der Waals surface area contributed by atoms with E-state index in [1.807, 2.05) is 60.7 Å². The molecule has 0 fully saturated rings. The molecule has 0 spiro atoms. The van der Waals surface area contributed by atoms with E-state index in [-0.39, 0.29) is 69.4 Å². The number of esters is 2. The van der Waals surface area contributed by atoms with Crippen molar-refractivity contribution in [2.24, 2.45) is 5.73 Å². The summed E-state index contributed by atoms with van der Waals surface area (Å²) in [6, 6.07) is 19.2. The van der Waals surface area contributed by atoms with Gasteiger partial charge in [0.2, 0.25) is 0 Å². The molecule has 0 aliphatic rings. The average molecular weight is 829 g/mol. The molecule has 298 valence electrons. The second kappa shape index (κ2) is 26.3. The quantitative estimate of drug-likeness (QED) is 0.0837. The van der Waals surface area contributed by atoms with Crippen molar-refractivity contribution >= 4 is 11.9 Å². The Bertz CT molecular complexity index is 1140. The third-order valence-electron chi connectivity index (χ3n) is 6.06. The Morgan fingerprint density at radius 1 is 0.647 bits per heavy atom. The van der Waals surface area contributed by atoms with Crippen molar-refractivity contribution in [3.63, 3.8) is 0 Å². The van der Waals surface area contributed by atoms with E-state index < -0.39 is 49.4 Å². The zero-order valence-electron chi connectivity index (χ0n) is 30.6. The maximum absolute atomic E-state index is 14.6. The van der Waals surface area contributed by atoms with Crippen LogP contribution in [0.2, 0.25) is 0 Å². The SMILES string of the molecule is CC(C)(C)OC(=O)CCCOCC(F)(F)CN.CC(C)(C)OC(=O)CCCOCC(F)(F)CN(Cc1ccccc1)Cc1ccccc1.O.O.[Pd]. The van der Waals surface area contributed by atoms with Gasteiger partial charge in [0, 0.05) is 59.6 Å². The first-order valence-electron chi connectivity index (χ1n) is 16.1. The first-order valence-corrected chi connectivity index (χ1v) is 16.1. The molecular weight excluding hydrogens is 771 g/mol. The van der Waals surface area contributed by atoms with Gasteiger partial charge < -0.3 is 35.6 Å². The fourth-order valence-electron chi connectivity index (χ4n) is 4.15. The number of hydrogen-bond acceptors (Lipinski definition) is 8. The van der Waals surface area contributed by atoms with Gasteiger partial charge in [-0.3, -0.25) is 14.5 Å². The summed E-state index contributed by atoms with van der Waals surface area (Å²) in [6.07, 6.45) is 1.01. The van der Waals surface area contributed by atoms with Crippen molar-refractivity contribution in [2.45, 2.75) is 103 Å². The van der Waals surface area contributed by atoms with Gasteiger partial charge in [-0.25, -0.2) is 17.6 Å². The third-order valence-corrected chi connectivity index (χ3v) is 6.06. The van der Waals surface area contributed by atoms with Crippen molar-refractivity contribution < 1.29 is 77.5 Å². The Labute approximate surface area is 314 Å². The minimum Gasteiger partial charge on any atom is -0.460 e. The van der Waals surface area contributed by atoms with Gasteiger partial charge in [0.25, 0.3) is 11.8 Å². The van der Waals surface area contributed by atoms with Crippen molar-refractivity contribution in [3.05, 3.63) is 71.8 Å². The number of ether oxygens (including phenoxy) is 4. The molecule has 0 unspecified atom stereocenters. The van der Waals surface area contributed by atoms with E-state index >= 15 is 0 Å². The molecule has 0 aromatic heterocycles. The molecule has 0 radical (unpaired) electrons. The summed E-state index contributed by atoms with van der Waals surface area (Å²) in [5, 5.41) is 0. The Balaban J connectivity index is -0.000000994. The van der Waals surface area contributed by atoms with E-state index in [0.29, 0.717) is 25.9 Å². The Morgan fingerprint density at radius 3 is 1.33 bits per heavy atom. The number of nitrogens with zero attached hydrogens (tertiary/aromatic N) is 1. The molecule has 0 bridgehead atoms. The van der Waals surface area contributed by atoms with Crippen LogP contribution >= 0.6 is 0 Å². The molecule has 0 aliphatic carbocycles. The van der Waals surface area contributed by atoms with Crippen LogP contribution in [0.4, 0.5) is 17.6 Å². The predicted octanol–water partition coefficient (Wildman–Crippen LogP) is 5.53. The van der Waals surface area contributed by atoms with Gasteiger partial charge in [-0.2, -0.15) is 0 Å². The molecule has 2 aromatic carbocycles. The van der Waals surface area contributed by atoms with Gasteiger partial charge in [0.1, 0.15) is 24.4 Å². The molecule has 0 heterocycles. The fourth-order valence-corrected chi connectivity index (χ4v) is 4.15. The van der Waals surface area contributed by atoms with Gasteiger partial charge in [0.15, 0.2) is 0 Å². The maximum atomic E-state index is 14.6. The Kier molecular flexibility index (Phi) is 27.3. The van der Waals surface area contributed by atoms with E-state index in [1.54, 1.807) is 46.4 Å². The summed E-state index contributed by atoms with van der Waals surface area (Å²) in [6.45, 7) is 9.15. The molecule has 0 amide bonds. The second-order valence-electron chi connectivity index (χ2n) is 13.5. The molecule has 0 aliphatic heterocycles. The van der Waals surface area contributed by atoms with Crippen LogP contribution in [0.25, 0.3) is 0 Å². The number of nitrogens with two attached hydrogens (primary N) is 1. The van der Waals surface area contributed by atoms with Crippen molar-refractivity contribution in [1.29, 1.82) is 0 Å². The van der Waals surface area contributed by atoms with E-state index in [9.17, 15) is 27.2 Å². The van der Waals surface area contributed by atoms with E-state index in [0.717, 1.165) is 11.1 Å². The summed E-state index contributed by atoms with van der Waals surface area (Å²) < 4.78 is 74.7. The van der Waals surface area contributed by atoms with E-state index in [1.165, 1.54) is 0 Å². The van der Waals surface area contributed by atoms with Gasteiger partial charge in [-0.15, -0.1) is 0 Å². The van der Waals surface area contributed by atoms with Crippen LogP contribution < -0.4 is 5.73 Å². The molecule has 0 atom stereocenters. The molecule has 15 heteroatoms. The number of rotatable bonds is 19. The van der Waals surface area contributed by atoms with Crippen molar-refractivity contribution in [1.82, 2.24) is 4.90 Å². The van der Waals surface area contributed by atoms with Gasteiger partial charge in [-0.05, 0) is 65.5 Å². The monoisotopic (exact) mass is 828 g/mol. The largest absolute Gasteiger partial charge is 0.460 e. The topological polar surface area (TPSA) is 163 Å². The molecule has 6 N–H and O–H groups in total. The normalized spacial score (nSPS) is 11.6. The molecule has 0 saturated heterocycles. The summed E-state index contributed by atoms with van der Waals surface area (Å²) in [5.41, 5.74) is 5.72. The van der Waals surface area contributed by atoms with E-state index in [4.69, 9.17) is 24.7 Å². The fraction of sp³-hybridized carbons (Fsp3) is 0.611. The molecule has 0 saturated carbocycles. The minimum atomic E-state index is -3.00. The van der Waals surface area contributed by atoms with Gasteiger partial charge in [0.05, 0.1) is 13.1 Å². The third kappa shape index (κ3) is 29.8. The molecule has 10 nitrogen and oxygen atoms in total. The number of benzene rings is 2. The zero-order valence-corrected chi connectivity index (χ0v) is 32.1. The average Bonchev–Trinajstić information content (AvgIpc) is 2.96. The van der Waals surface area contributed by atoms with Crippen LogP contribution in [0.1, 0.15) is 78.4 Å². The molecular formula is C36H58F4N2O8Pd. The standard InChI is InChI=1S/C25H33F2NO3.C11H21F2NO3.2H2O.Pd/c1-24(2,3)31-23(29)15-10-16-30-20-25(26,27)19-28(17-21-11-6-4-7-12-21)18-22-13-8-5-9-14-22;1-10(2,3)17-9(15)5-4-6-16-8-11(12,13)7-14;;;/h4-9,11-14H,10,15-20H2,1-3H3;4-8,14H2,1-3H3;2*1H2;. The van der Waals surface area contributed by atoms with Gasteiger partial charge in [-0.1, -0.05) is 60.7 Å². The van der Waals surface area contributed by atoms with Crippen LogP contribution in [0.15, 0.2) is 60.7 Å². The molecule has 2 rings (SSSR count). The summed E-state index contributed by atoms with van der Waals surface area (Å²) in [7, 11) is 0. The number of carbonyl (C=O) groups excluding carboxylic acids is 2. The zero-order chi connectivity index (χ0) is 36.3. The summed E-state index contributed by atoms with van der Waals surface area (Å²) >= 11 is 0. The number of hydrogen-bond donors (Lipinski definition) is 1. The van der Waals surface area contributed by atoms with E-state index in [2.05, 4.69) is 0 Å². The minimum absolute atomic E-state index is 0. The smallest absolute Gasteiger partial charge is 0.306 e. The van der Waals surface area contributed by atoms with Crippen LogP contribution in [-0.2, 0) is 62.0 Å². The second-order valence-corrected chi connectivity index (χ2v) is 13.5. The van der Waals surface area contributed by atoms with Crippen LogP contribution in [-0.4, -0.2) is 90.4 Å². The first-order chi connectivity index (χ1) is 22.3. The Hall–Kier alpha value is -2.48. The van der Waals surface area contributed by atoms with Crippen molar-refractivity contribution in [3.8, 4) is 0 Å². The van der Waals surface area contributed by atoms with Crippen LogP contribution in [0.3, 0.4) is 0 Å². The predicted molar refractivity (Wildman–Crippen MR) is 185 cm³/mol. The number of alkyl halides is 4. The van der Waals surface area contributed by atoms with Crippen molar-refractivity contribution in [2.75, 3.05) is 39.5 Å².